The summed E-state index contributed by atoms with van der Waals surface area (Å²) in [5.41, 5.74) is 1.89. The number of benzene rings is 1. The largest absolute Gasteiger partial charge is 0.300 e. The Balaban J connectivity index is 1.59. The second-order valence-electron chi connectivity index (χ2n) is 6.80. The van der Waals surface area contributed by atoms with Crippen LogP contribution in [0.4, 0.5) is 0 Å². The zero-order valence-electron chi connectivity index (χ0n) is 13.5. The van der Waals surface area contributed by atoms with Gasteiger partial charge in [0.1, 0.15) is 0 Å². The quantitative estimate of drug-likeness (QED) is 0.812. The summed E-state index contributed by atoms with van der Waals surface area (Å²) < 4.78 is 24.1. The number of piperazine rings is 1. The summed E-state index contributed by atoms with van der Waals surface area (Å²) in [7, 11) is -0.923. The van der Waals surface area contributed by atoms with E-state index >= 15 is 0 Å². The minimum Gasteiger partial charge on any atom is -0.300 e. The fourth-order valence-electron chi connectivity index (χ4n) is 3.83. The van der Waals surface area contributed by atoms with Crippen molar-refractivity contribution in [3.8, 4) is 0 Å². The zero-order chi connectivity index (χ0) is 16.9. The van der Waals surface area contributed by atoms with Crippen molar-refractivity contribution in [1.82, 2.24) is 14.8 Å². The molecule has 128 valence electrons. The van der Waals surface area contributed by atoms with Crippen LogP contribution >= 0.6 is 11.6 Å². The molecule has 24 heavy (non-hydrogen) atoms. The highest BCUT2D eigenvalue weighted by Gasteiger charge is 2.45. The molecule has 0 aliphatic carbocycles. The first-order chi connectivity index (χ1) is 11.4. The Hall–Kier alpha value is -1.21. The molecule has 2 aromatic rings. The third-order valence-electron chi connectivity index (χ3n) is 5.14. The highest BCUT2D eigenvalue weighted by Crippen LogP contribution is 2.27. The van der Waals surface area contributed by atoms with Crippen molar-refractivity contribution < 1.29 is 8.42 Å². The lowest BCUT2D eigenvalue weighted by molar-refractivity contribution is 0.0565. The normalized spacial score (nSPS) is 27.4. The number of hydrogen-bond acceptors (Lipinski definition) is 5. The maximum absolute atomic E-state index is 12.1. The number of aromatic nitrogens is 1. The summed E-state index contributed by atoms with van der Waals surface area (Å²) >= 11 is 6.02. The summed E-state index contributed by atoms with van der Waals surface area (Å²) in [4.78, 5) is 9.18. The van der Waals surface area contributed by atoms with Crippen LogP contribution in [0, 0.1) is 0 Å². The van der Waals surface area contributed by atoms with Crippen molar-refractivity contribution in [1.29, 1.82) is 0 Å². The number of hydrogen-bond donors (Lipinski definition) is 0. The van der Waals surface area contributed by atoms with Crippen molar-refractivity contribution >= 4 is 32.3 Å². The predicted octanol–water partition coefficient (Wildman–Crippen LogP) is 1.80. The molecule has 0 saturated carbocycles. The van der Waals surface area contributed by atoms with Gasteiger partial charge >= 0.3 is 0 Å². The molecule has 2 saturated heterocycles. The second-order valence-corrected chi connectivity index (χ2v) is 9.39. The lowest BCUT2D eigenvalue weighted by atomic mass is 10.1. The molecule has 0 spiro atoms. The fraction of sp³-hybridized carbons (Fsp3) is 0.471. The Morgan fingerprint density at radius 1 is 1.17 bits per heavy atom. The Morgan fingerprint density at radius 2 is 1.96 bits per heavy atom. The maximum Gasteiger partial charge on any atom is 0.153 e. The molecule has 4 rings (SSSR count). The number of sulfone groups is 1. The van der Waals surface area contributed by atoms with Gasteiger partial charge in [0.2, 0.25) is 0 Å². The molecule has 2 fully saturated rings. The van der Waals surface area contributed by atoms with Crippen LogP contribution in [0.25, 0.3) is 10.9 Å². The summed E-state index contributed by atoms with van der Waals surface area (Å²) in [6.45, 7) is 2.44. The van der Waals surface area contributed by atoms with Gasteiger partial charge in [0, 0.05) is 42.1 Å². The SMILES string of the molecule is CN1CCN(Cc2ccc3cc(Cl)ccc3n2)[C@@H]2CS(=O)(=O)C[C@@H]21. The molecule has 7 heteroatoms. The van der Waals surface area contributed by atoms with Crippen molar-refractivity contribution in [2.24, 2.45) is 0 Å². The van der Waals surface area contributed by atoms with Gasteiger partial charge in [0.15, 0.2) is 9.84 Å². The highest BCUT2D eigenvalue weighted by atomic mass is 35.5. The van der Waals surface area contributed by atoms with Gasteiger partial charge in [-0.05, 0) is 31.3 Å². The molecule has 0 unspecified atom stereocenters. The fourth-order valence-corrected chi connectivity index (χ4v) is 6.10. The number of nitrogens with zero attached hydrogens (tertiary/aromatic N) is 3. The average Bonchev–Trinajstić information content (AvgIpc) is 2.87. The minimum atomic E-state index is -2.94. The Labute approximate surface area is 147 Å². The van der Waals surface area contributed by atoms with Crippen LogP contribution in [0.15, 0.2) is 30.3 Å². The molecule has 1 aromatic heterocycles. The molecule has 0 N–H and O–H groups in total. The first-order valence-electron chi connectivity index (χ1n) is 8.11. The molecule has 2 atom stereocenters. The van der Waals surface area contributed by atoms with Gasteiger partial charge in [0.05, 0.1) is 22.7 Å². The van der Waals surface area contributed by atoms with Gasteiger partial charge in [-0.2, -0.15) is 0 Å². The molecular weight excluding hydrogens is 346 g/mol. The molecular formula is C17H20ClN3O2S. The van der Waals surface area contributed by atoms with Crippen LogP contribution in [0.2, 0.25) is 5.02 Å². The summed E-state index contributed by atoms with van der Waals surface area (Å²) in [5, 5.41) is 1.72. The third kappa shape index (κ3) is 3.04. The van der Waals surface area contributed by atoms with Crippen molar-refractivity contribution in [2.45, 2.75) is 18.6 Å². The number of pyridine rings is 1. The van der Waals surface area contributed by atoms with Crippen molar-refractivity contribution in [3.63, 3.8) is 0 Å². The molecule has 2 aliphatic heterocycles. The van der Waals surface area contributed by atoms with E-state index in [1.165, 1.54) is 0 Å². The summed E-state index contributed by atoms with van der Waals surface area (Å²) in [6, 6.07) is 9.88. The van der Waals surface area contributed by atoms with Gasteiger partial charge < -0.3 is 0 Å². The minimum absolute atomic E-state index is 0.0662. The van der Waals surface area contributed by atoms with Crippen LogP contribution in [0.5, 0.6) is 0 Å². The van der Waals surface area contributed by atoms with E-state index in [2.05, 4.69) is 9.80 Å². The lowest BCUT2D eigenvalue weighted by Gasteiger charge is -2.42. The lowest BCUT2D eigenvalue weighted by Crippen LogP contribution is -2.57. The van der Waals surface area contributed by atoms with E-state index in [0.29, 0.717) is 11.6 Å². The van der Waals surface area contributed by atoms with Gasteiger partial charge in [-0.3, -0.25) is 14.8 Å². The van der Waals surface area contributed by atoms with Gasteiger partial charge in [-0.1, -0.05) is 17.7 Å². The number of likely N-dealkylation sites (N-methyl/N-ethyl adjacent to an activating group) is 1. The smallest absolute Gasteiger partial charge is 0.153 e. The number of halogens is 1. The van der Waals surface area contributed by atoms with Crippen molar-refractivity contribution in [2.75, 3.05) is 31.6 Å². The monoisotopic (exact) mass is 365 g/mol. The van der Waals surface area contributed by atoms with Crippen LogP contribution in [-0.4, -0.2) is 66.9 Å². The van der Waals surface area contributed by atoms with E-state index in [1.54, 1.807) is 0 Å². The number of rotatable bonds is 2. The Morgan fingerprint density at radius 3 is 2.79 bits per heavy atom. The topological polar surface area (TPSA) is 53.5 Å². The molecule has 5 nitrogen and oxygen atoms in total. The van der Waals surface area contributed by atoms with E-state index in [-0.39, 0.29) is 23.6 Å². The molecule has 0 amide bonds. The average molecular weight is 366 g/mol. The van der Waals surface area contributed by atoms with Crippen LogP contribution in [-0.2, 0) is 16.4 Å². The predicted molar refractivity (Wildman–Crippen MR) is 96.0 cm³/mol. The summed E-state index contributed by atoms with van der Waals surface area (Å²) in [6.07, 6.45) is 0. The number of fused-ring (bicyclic) bond motifs is 2. The highest BCUT2D eigenvalue weighted by molar-refractivity contribution is 7.91. The third-order valence-corrected chi connectivity index (χ3v) is 7.08. The van der Waals surface area contributed by atoms with E-state index in [9.17, 15) is 8.42 Å². The van der Waals surface area contributed by atoms with E-state index < -0.39 is 9.84 Å². The first kappa shape index (κ1) is 16.3. The summed E-state index contributed by atoms with van der Waals surface area (Å²) in [5.74, 6) is 0.527. The molecule has 2 aliphatic rings. The Kier molecular flexibility index (Phi) is 4.03. The van der Waals surface area contributed by atoms with Gasteiger partial charge in [0.25, 0.3) is 0 Å². The van der Waals surface area contributed by atoms with E-state index in [1.807, 2.05) is 37.4 Å². The van der Waals surface area contributed by atoms with Gasteiger partial charge in [-0.15, -0.1) is 0 Å². The van der Waals surface area contributed by atoms with Crippen molar-refractivity contribution in [3.05, 3.63) is 41.0 Å². The molecule has 0 bridgehead atoms. The van der Waals surface area contributed by atoms with Gasteiger partial charge in [-0.25, -0.2) is 8.42 Å². The van der Waals surface area contributed by atoms with Crippen LogP contribution in [0.3, 0.4) is 0 Å². The van der Waals surface area contributed by atoms with Crippen LogP contribution in [0.1, 0.15) is 5.69 Å². The van der Waals surface area contributed by atoms with E-state index in [4.69, 9.17) is 16.6 Å². The Bertz CT molecular complexity index is 887. The molecule has 1 aromatic carbocycles. The maximum atomic E-state index is 12.1. The van der Waals surface area contributed by atoms with E-state index in [0.717, 1.165) is 29.7 Å². The molecule has 0 radical (unpaired) electrons. The molecule has 3 heterocycles. The zero-order valence-corrected chi connectivity index (χ0v) is 15.1. The second kappa shape index (κ2) is 5.95. The standard InChI is InChI=1S/C17H20ClN3O2S/c1-20-6-7-21(17-11-24(22,23)10-16(17)20)9-14-4-2-12-8-13(18)3-5-15(12)19-14/h2-5,8,16-17H,6-7,9-11H2,1H3/t16-,17+/m0/s1. The van der Waals surface area contributed by atoms with Crippen LogP contribution < -0.4 is 0 Å². The first-order valence-corrected chi connectivity index (χ1v) is 10.3.